The number of nitro benzene ring substituents is 1. The van der Waals surface area contributed by atoms with Gasteiger partial charge in [0.25, 0.3) is 17.5 Å². The second-order valence-corrected chi connectivity index (χ2v) is 4.60. The van der Waals surface area contributed by atoms with Crippen LogP contribution in [0.4, 0.5) is 5.69 Å². The van der Waals surface area contributed by atoms with E-state index in [1.807, 2.05) is 0 Å². The summed E-state index contributed by atoms with van der Waals surface area (Å²) >= 11 is 5.82. The molecule has 0 atom stereocenters. The molecular weight excluding hydrogens is 310 g/mol. The minimum atomic E-state index is -0.677. The molecule has 2 amide bonds. The molecule has 0 aliphatic rings. The van der Waals surface area contributed by atoms with E-state index in [0.717, 1.165) is 12.1 Å². The van der Waals surface area contributed by atoms with E-state index in [2.05, 4.69) is 10.9 Å². The Morgan fingerprint density at radius 3 is 2.23 bits per heavy atom. The Labute approximate surface area is 130 Å². The minimum absolute atomic E-state index is 0.0145. The van der Waals surface area contributed by atoms with Gasteiger partial charge in [0.05, 0.1) is 15.5 Å². The van der Waals surface area contributed by atoms with Crippen molar-refractivity contribution in [3.63, 3.8) is 0 Å². The zero-order chi connectivity index (χ0) is 16.1. The molecule has 2 aromatic rings. The predicted octanol–water partition coefficient (Wildman–Crippen LogP) is 2.32. The Kier molecular flexibility index (Phi) is 4.70. The largest absolute Gasteiger partial charge is 0.271 e. The van der Waals surface area contributed by atoms with Crippen LogP contribution in [-0.4, -0.2) is 16.7 Å². The van der Waals surface area contributed by atoms with Crippen LogP contribution < -0.4 is 10.9 Å². The highest BCUT2D eigenvalue weighted by atomic mass is 35.5. The molecule has 8 heteroatoms. The number of hydrazine groups is 1. The second kappa shape index (κ2) is 6.68. The number of nitrogens with zero attached hydrogens (tertiary/aromatic N) is 1. The summed E-state index contributed by atoms with van der Waals surface area (Å²) in [7, 11) is 0. The van der Waals surface area contributed by atoms with Crippen LogP contribution in [0.15, 0.2) is 48.5 Å². The quantitative estimate of drug-likeness (QED) is 0.669. The molecule has 0 fully saturated rings. The lowest BCUT2D eigenvalue weighted by molar-refractivity contribution is -0.384. The molecule has 0 bridgehead atoms. The van der Waals surface area contributed by atoms with E-state index < -0.39 is 16.7 Å². The number of carbonyl (C=O) groups excluding carboxylic acids is 2. The first-order valence-electron chi connectivity index (χ1n) is 6.08. The van der Waals surface area contributed by atoms with E-state index in [1.54, 1.807) is 30.3 Å². The summed E-state index contributed by atoms with van der Waals surface area (Å²) in [6.07, 6.45) is 0. The van der Waals surface area contributed by atoms with Gasteiger partial charge in [0.15, 0.2) is 0 Å². The average Bonchev–Trinajstić information content (AvgIpc) is 2.52. The highest BCUT2D eigenvalue weighted by Gasteiger charge is 2.15. The Morgan fingerprint density at radius 2 is 1.64 bits per heavy atom. The van der Waals surface area contributed by atoms with Crippen molar-refractivity contribution in [3.8, 4) is 0 Å². The fraction of sp³-hybridized carbons (Fsp3) is 0. The zero-order valence-electron chi connectivity index (χ0n) is 11.1. The molecule has 7 nitrogen and oxygen atoms in total. The summed E-state index contributed by atoms with van der Waals surface area (Å²) in [4.78, 5) is 33.6. The fourth-order valence-electron chi connectivity index (χ4n) is 1.64. The van der Waals surface area contributed by atoms with E-state index in [0.29, 0.717) is 5.56 Å². The smallest absolute Gasteiger partial charge is 0.267 e. The summed E-state index contributed by atoms with van der Waals surface area (Å²) in [5.41, 5.74) is 4.59. The monoisotopic (exact) mass is 319 g/mol. The third kappa shape index (κ3) is 3.58. The Balaban J connectivity index is 2.04. The van der Waals surface area contributed by atoms with Gasteiger partial charge in [-0.25, -0.2) is 0 Å². The van der Waals surface area contributed by atoms with Gasteiger partial charge in [-0.05, 0) is 18.2 Å². The summed E-state index contributed by atoms with van der Waals surface area (Å²) < 4.78 is 0. The van der Waals surface area contributed by atoms with Gasteiger partial charge in [-0.15, -0.1) is 0 Å². The van der Waals surface area contributed by atoms with Gasteiger partial charge in [-0.3, -0.25) is 30.6 Å². The predicted molar refractivity (Wildman–Crippen MR) is 79.5 cm³/mol. The molecule has 0 aliphatic carbocycles. The molecule has 0 aliphatic heterocycles. The fourth-order valence-corrected chi connectivity index (χ4v) is 1.90. The van der Waals surface area contributed by atoms with E-state index in [9.17, 15) is 19.7 Å². The number of hydrogen-bond donors (Lipinski definition) is 2. The van der Waals surface area contributed by atoms with Crippen LogP contribution in [0, 0.1) is 10.1 Å². The van der Waals surface area contributed by atoms with Crippen molar-refractivity contribution in [1.29, 1.82) is 0 Å². The van der Waals surface area contributed by atoms with Gasteiger partial charge >= 0.3 is 0 Å². The first kappa shape index (κ1) is 15.5. The normalized spacial score (nSPS) is 9.86. The molecule has 0 saturated carbocycles. The van der Waals surface area contributed by atoms with Gasteiger partial charge in [-0.1, -0.05) is 29.8 Å². The SMILES string of the molecule is O=C(NNC(=O)c1ccc([N+](=O)[O-])cc1Cl)c1ccccc1. The number of non-ortho nitro benzene ring substituents is 1. The van der Waals surface area contributed by atoms with E-state index >= 15 is 0 Å². The molecule has 0 heterocycles. The molecule has 0 aromatic heterocycles. The molecule has 0 radical (unpaired) electrons. The molecule has 2 aromatic carbocycles. The highest BCUT2D eigenvalue weighted by Crippen LogP contribution is 2.22. The standard InChI is InChI=1S/C14H10ClN3O4/c15-12-8-10(18(21)22)6-7-11(12)14(20)17-16-13(19)9-4-2-1-3-5-9/h1-8H,(H,16,19)(H,17,20). The van der Waals surface area contributed by atoms with Crippen LogP contribution in [0.5, 0.6) is 0 Å². The van der Waals surface area contributed by atoms with E-state index in [1.165, 1.54) is 6.07 Å². The number of amides is 2. The van der Waals surface area contributed by atoms with Gasteiger partial charge in [0.2, 0.25) is 0 Å². The highest BCUT2D eigenvalue weighted by molar-refractivity contribution is 6.34. The Bertz CT molecular complexity index is 734. The first-order chi connectivity index (χ1) is 10.5. The van der Waals surface area contributed by atoms with Crippen molar-refractivity contribution in [3.05, 3.63) is 74.8 Å². The van der Waals surface area contributed by atoms with Crippen LogP contribution in [0.1, 0.15) is 20.7 Å². The van der Waals surface area contributed by atoms with Crippen molar-refractivity contribution in [2.75, 3.05) is 0 Å². The third-order valence-corrected chi connectivity index (χ3v) is 3.05. The molecule has 0 unspecified atom stereocenters. The van der Waals surface area contributed by atoms with Crippen molar-refractivity contribution >= 4 is 29.1 Å². The van der Waals surface area contributed by atoms with Crippen molar-refractivity contribution < 1.29 is 14.5 Å². The maximum absolute atomic E-state index is 11.9. The number of carbonyl (C=O) groups is 2. The molecule has 0 saturated heterocycles. The minimum Gasteiger partial charge on any atom is -0.267 e. The lowest BCUT2D eigenvalue weighted by Crippen LogP contribution is -2.41. The van der Waals surface area contributed by atoms with Crippen LogP contribution >= 0.6 is 11.6 Å². The van der Waals surface area contributed by atoms with Crippen LogP contribution in [0.25, 0.3) is 0 Å². The molecule has 22 heavy (non-hydrogen) atoms. The lowest BCUT2D eigenvalue weighted by Gasteiger charge is -2.08. The summed E-state index contributed by atoms with van der Waals surface area (Å²) in [5.74, 6) is -1.17. The molecule has 2 N–H and O–H groups in total. The maximum atomic E-state index is 11.9. The first-order valence-corrected chi connectivity index (χ1v) is 6.46. The Morgan fingerprint density at radius 1 is 1.00 bits per heavy atom. The van der Waals surface area contributed by atoms with E-state index in [4.69, 9.17) is 11.6 Å². The summed E-state index contributed by atoms with van der Waals surface area (Å²) in [5, 5.41) is 10.5. The van der Waals surface area contributed by atoms with Crippen molar-refractivity contribution in [1.82, 2.24) is 10.9 Å². The molecule has 112 valence electrons. The number of hydrogen-bond acceptors (Lipinski definition) is 4. The number of benzene rings is 2. The van der Waals surface area contributed by atoms with E-state index in [-0.39, 0.29) is 16.3 Å². The number of halogens is 1. The molecular formula is C14H10ClN3O4. The number of nitrogens with one attached hydrogen (secondary N) is 2. The van der Waals surface area contributed by atoms with Gasteiger partial charge in [0.1, 0.15) is 0 Å². The van der Waals surface area contributed by atoms with Crippen LogP contribution in [0.2, 0.25) is 5.02 Å². The number of rotatable bonds is 3. The van der Waals surface area contributed by atoms with Gasteiger partial charge in [-0.2, -0.15) is 0 Å². The third-order valence-electron chi connectivity index (χ3n) is 2.73. The summed E-state index contributed by atoms with van der Waals surface area (Å²) in [6.45, 7) is 0. The maximum Gasteiger partial charge on any atom is 0.271 e. The zero-order valence-corrected chi connectivity index (χ0v) is 11.8. The topological polar surface area (TPSA) is 101 Å². The van der Waals surface area contributed by atoms with Gasteiger partial charge in [0, 0.05) is 17.7 Å². The average molecular weight is 320 g/mol. The summed E-state index contributed by atoms with van der Waals surface area (Å²) in [6, 6.07) is 11.7. The molecule has 2 rings (SSSR count). The van der Waals surface area contributed by atoms with Crippen molar-refractivity contribution in [2.24, 2.45) is 0 Å². The van der Waals surface area contributed by atoms with Crippen molar-refractivity contribution in [2.45, 2.75) is 0 Å². The molecule has 0 spiro atoms. The second-order valence-electron chi connectivity index (χ2n) is 4.20. The number of nitro groups is 1. The van der Waals surface area contributed by atoms with Gasteiger partial charge < -0.3 is 0 Å². The lowest BCUT2D eigenvalue weighted by atomic mass is 10.2. The van der Waals surface area contributed by atoms with Crippen LogP contribution in [0.3, 0.4) is 0 Å². The van der Waals surface area contributed by atoms with Crippen LogP contribution in [-0.2, 0) is 0 Å². The Hall–Kier alpha value is -2.93.